The maximum atomic E-state index is 12.8. The van der Waals surface area contributed by atoms with Gasteiger partial charge in [0.25, 0.3) is 5.56 Å². The van der Waals surface area contributed by atoms with E-state index in [0.717, 1.165) is 55.7 Å². The molecule has 2 atom stereocenters. The minimum atomic E-state index is -1.12. The van der Waals surface area contributed by atoms with E-state index in [0.29, 0.717) is 37.2 Å². The van der Waals surface area contributed by atoms with Crippen LogP contribution in [0.1, 0.15) is 125 Å². The highest BCUT2D eigenvalue weighted by molar-refractivity contribution is 6.76. The molecule has 81 heavy (non-hydrogen) atoms. The number of carbonyl (C=O) groups excluding carboxylic acids is 6. The Morgan fingerprint density at radius 3 is 2.05 bits per heavy atom. The number of fused-ring (bicyclic) bond motifs is 2. The predicted octanol–water partition coefficient (Wildman–Crippen LogP) is 4.57. The smallest absolute Gasteiger partial charge is 0.425 e. The van der Waals surface area contributed by atoms with Crippen LogP contribution in [0.3, 0.4) is 0 Å². The summed E-state index contributed by atoms with van der Waals surface area (Å²) < 4.78 is 17.0. The summed E-state index contributed by atoms with van der Waals surface area (Å²) in [6, 6.07) is -0.149. The normalized spacial score (nSPS) is 12.1. The summed E-state index contributed by atoms with van der Waals surface area (Å²) >= 11 is 0. The van der Waals surface area contributed by atoms with Gasteiger partial charge in [0.05, 0.1) is 19.6 Å². The summed E-state index contributed by atoms with van der Waals surface area (Å²) in [5.41, 5.74) is 13.4. The zero-order chi connectivity index (χ0) is 60.8. The van der Waals surface area contributed by atoms with Crippen molar-refractivity contribution in [3.63, 3.8) is 0 Å². The van der Waals surface area contributed by atoms with E-state index in [4.69, 9.17) is 37.8 Å². The lowest BCUT2D eigenvalue weighted by atomic mass is 10.0. The number of H-pyrrole nitrogens is 1. The fourth-order valence-corrected chi connectivity index (χ4v) is 7.26. The number of imide groups is 1. The zero-order valence-electron chi connectivity index (χ0n) is 47.6. The number of terminal acetylenes is 1. The Hall–Kier alpha value is -8.27. The number of ketones is 1. The van der Waals surface area contributed by atoms with Crippen LogP contribution in [0.4, 0.5) is 27.0 Å². The van der Waals surface area contributed by atoms with Crippen molar-refractivity contribution >= 4 is 78.7 Å². The molecule has 0 saturated carbocycles. The molecule has 1 aliphatic heterocycles. The van der Waals surface area contributed by atoms with Crippen molar-refractivity contribution in [2.24, 2.45) is 11.5 Å². The number of carboxylic acids is 1. The van der Waals surface area contributed by atoms with Gasteiger partial charge in [-0.05, 0) is 116 Å². The van der Waals surface area contributed by atoms with Crippen LogP contribution in [0.5, 0.6) is 0 Å². The molecule has 25 nitrogen and oxygen atoms in total. The molecular formula is C55H80N12O13Si. The molecule has 3 amide bonds. The number of nitrogens with one attached hydrogen (secondary N) is 2. The van der Waals surface area contributed by atoms with Gasteiger partial charge in [-0.2, -0.15) is 4.90 Å². The number of rotatable bonds is 20. The van der Waals surface area contributed by atoms with Gasteiger partial charge in [-0.25, -0.2) is 34.3 Å². The first-order valence-electron chi connectivity index (χ1n) is 25.6. The van der Waals surface area contributed by atoms with Gasteiger partial charge in [-0.3, -0.25) is 38.4 Å². The van der Waals surface area contributed by atoms with Gasteiger partial charge in [0.1, 0.15) is 59.0 Å². The number of aliphatic carboxylic acids is 1. The number of hydrogen-bond donors (Lipinski definition) is 6. The molecule has 3 aromatic heterocycles. The van der Waals surface area contributed by atoms with E-state index in [2.05, 4.69) is 98.2 Å². The quantitative estimate of drug-likeness (QED) is 0.0172. The Balaban J connectivity index is 0.00000113. The highest BCUT2D eigenvalue weighted by Crippen LogP contribution is 2.33. The van der Waals surface area contributed by atoms with Crippen molar-refractivity contribution in [1.29, 1.82) is 0 Å². The molecule has 4 heterocycles. The van der Waals surface area contributed by atoms with Gasteiger partial charge in [-0.1, -0.05) is 65.6 Å². The number of aldehydes is 1. The number of carbonyl (C=O) groups is 7. The Labute approximate surface area is 474 Å². The van der Waals surface area contributed by atoms with E-state index < -0.39 is 84.7 Å². The van der Waals surface area contributed by atoms with E-state index in [-0.39, 0.29) is 61.3 Å². The van der Waals surface area contributed by atoms with E-state index in [9.17, 15) is 48.3 Å². The molecule has 0 aliphatic carbocycles. The number of aromatic nitrogens is 6. The van der Waals surface area contributed by atoms with Crippen molar-refractivity contribution in [2.75, 3.05) is 41.8 Å². The Morgan fingerprint density at radius 1 is 0.914 bits per heavy atom. The third-order valence-corrected chi connectivity index (χ3v) is 12.0. The zero-order valence-corrected chi connectivity index (χ0v) is 48.6. The minimum Gasteiger partial charge on any atom is -0.480 e. The predicted molar refractivity (Wildman–Crippen MR) is 311 cm³/mol. The number of aromatic amines is 1. The van der Waals surface area contributed by atoms with Crippen LogP contribution in [-0.2, 0) is 39.9 Å². The van der Waals surface area contributed by atoms with Crippen LogP contribution < -0.4 is 43.6 Å². The standard InChI is InChI=1S/C19H24N4O7.C14H21N7O4.C12H27NO2Si.C9H4.CH4/c1-18(2,3)29-16(27)23(17(28)30-19(4,5)6)15-13-11(25)9-12(26)22(7-8-24)14(13)20-10-21-15;15-4-2-1-3-8(13(23)24)17-5-6-21-11-9(10(16)18-7-19-11)12(22)20-14(21)25;1-5-6-7-8-11(13)12(14)15-9-10-16(2,3)4;1-3-5-7-9-8-6-4-2;/h8,10H,7,9H2,1-6H3;7-8,17H,1-6,15H2,(H,23,24)(H2,16,18,19)(H,20,22,25);11H,5-10,13H2,1-4H3;1H,2H3;1H4/t;;11-;;/m..0../s1. The van der Waals surface area contributed by atoms with Gasteiger partial charge in [0, 0.05) is 21.2 Å². The second-order valence-electron chi connectivity index (χ2n) is 20.6. The molecule has 9 N–H and O–H groups in total. The van der Waals surface area contributed by atoms with Gasteiger partial charge in [0.2, 0.25) is 5.91 Å². The second kappa shape index (κ2) is 36.1. The first-order valence-corrected chi connectivity index (χ1v) is 29.3. The third kappa shape index (κ3) is 27.0. The minimum absolute atomic E-state index is 0. The molecule has 4 rings (SSSR count). The molecule has 1 unspecified atom stereocenters. The number of nitrogens with zero attached hydrogens (tertiary/aromatic N) is 7. The Morgan fingerprint density at radius 2 is 1.51 bits per heavy atom. The SMILES string of the molecule is C.C#CC#CC#CC#CC.CC(C)(C)OC(=O)N(C(=O)OC(C)(C)C)c1ncnc2c1C(=O)CC(=O)N2CC=O.CCCCC[C@H](N)C(=O)OCC[Si](C)(C)C.NCCCCC(NCCn1c(=O)[nH]c(=O)c2c(N)ncnc21)C(=O)O. The lowest BCUT2D eigenvalue weighted by Gasteiger charge is -2.31. The van der Waals surface area contributed by atoms with Crippen LogP contribution in [0, 0.1) is 47.9 Å². The first-order chi connectivity index (χ1) is 37.5. The topological polar surface area (TPSA) is 370 Å². The number of nitrogen functional groups attached to an aromatic ring is 1. The van der Waals surface area contributed by atoms with E-state index >= 15 is 0 Å². The fraction of sp³-hybridized carbons (Fsp3) is 0.545. The van der Waals surface area contributed by atoms with E-state index in [1.165, 1.54) is 4.57 Å². The largest absolute Gasteiger partial charge is 0.480 e. The average Bonchev–Trinajstić information content (AvgIpc) is 3.34. The molecule has 0 saturated heterocycles. The van der Waals surface area contributed by atoms with Crippen LogP contribution in [0.25, 0.3) is 11.0 Å². The lowest BCUT2D eigenvalue weighted by molar-refractivity contribution is -0.145. The van der Waals surface area contributed by atoms with Crippen LogP contribution in [0.2, 0.25) is 25.7 Å². The molecule has 0 aromatic carbocycles. The molecule has 442 valence electrons. The summed E-state index contributed by atoms with van der Waals surface area (Å²) in [4.78, 5) is 127. The molecule has 0 radical (unpaired) electrons. The molecule has 0 bridgehead atoms. The highest BCUT2D eigenvalue weighted by Gasteiger charge is 2.41. The summed E-state index contributed by atoms with van der Waals surface area (Å²) in [7, 11) is -1.11. The number of carboxylic acid groups (broad SMARTS) is 1. The van der Waals surface area contributed by atoms with Crippen LogP contribution in [-0.4, -0.2) is 134 Å². The molecule has 0 spiro atoms. The van der Waals surface area contributed by atoms with Crippen molar-refractivity contribution in [3.05, 3.63) is 39.1 Å². The van der Waals surface area contributed by atoms with Gasteiger partial charge < -0.3 is 46.6 Å². The van der Waals surface area contributed by atoms with Crippen molar-refractivity contribution in [3.8, 4) is 47.9 Å². The molecule has 26 heteroatoms. The van der Waals surface area contributed by atoms with Gasteiger partial charge in [0.15, 0.2) is 23.1 Å². The third-order valence-electron chi connectivity index (χ3n) is 10.3. The van der Waals surface area contributed by atoms with Gasteiger partial charge in [-0.15, -0.1) is 6.42 Å². The fourth-order valence-electron chi connectivity index (χ4n) is 6.54. The molecule has 0 fully saturated rings. The number of esters is 1. The summed E-state index contributed by atoms with van der Waals surface area (Å²) in [6.07, 6.45) is 10.5. The van der Waals surface area contributed by atoms with Crippen LogP contribution >= 0.6 is 0 Å². The number of anilines is 3. The molecule has 1 aliphatic rings. The maximum Gasteiger partial charge on any atom is 0.425 e. The van der Waals surface area contributed by atoms with E-state index in [1.807, 2.05) is 0 Å². The monoisotopic (exact) mass is 1140 g/mol. The Kier molecular flexibility index (Phi) is 32.4. The van der Waals surface area contributed by atoms with Crippen molar-refractivity contribution < 1.29 is 52.9 Å². The number of nitrogens with two attached hydrogens (primary N) is 3. The number of hydrogen-bond acceptors (Lipinski definition) is 20. The molecular weight excluding hydrogens is 1060 g/mol. The number of unbranched alkanes of at least 4 members (excludes halogenated alkanes) is 3. The van der Waals surface area contributed by atoms with E-state index in [1.54, 1.807) is 48.5 Å². The number of ether oxygens (including phenoxy) is 3. The number of Topliss-reactive ketones (excluding diaryl/α,β-unsaturated/α-hetero) is 1. The van der Waals surface area contributed by atoms with Crippen molar-refractivity contribution in [1.82, 2.24) is 34.8 Å². The maximum absolute atomic E-state index is 12.8. The number of amides is 3. The van der Waals surface area contributed by atoms with Gasteiger partial charge >= 0.3 is 29.8 Å². The Bertz CT molecular complexity index is 2960. The highest BCUT2D eigenvalue weighted by atomic mass is 28.3. The average molecular weight is 1150 g/mol. The lowest BCUT2D eigenvalue weighted by Crippen LogP contribution is -2.46. The first kappa shape index (κ1) is 72.7. The summed E-state index contributed by atoms with van der Waals surface area (Å²) in [5, 5.41) is 12.1. The second-order valence-corrected chi connectivity index (χ2v) is 26.2. The van der Waals surface area contributed by atoms with Crippen molar-refractivity contribution in [2.45, 2.75) is 170 Å². The summed E-state index contributed by atoms with van der Waals surface area (Å²) in [6.45, 7) is 21.3. The van der Waals surface area contributed by atoms with Crippen LogP contribution in [0.15, 0.2) is 22.2 Å². The summed E-state index contributed by atoms with van der Waals surface area (Å²) in [5.74, 6) is 13.8. The molecule has 3 aromatic rings.